The van der Waals surface area contributed by atoms with Crippen LogP contribution in [0.3, 0.4) is 0 Å². The number of hydrogen-bond donors (Lipinski definition) is 0. The minimum Gasteiger partial charge on any atom is -0.336 e. The number of carbonyl (C=O) groups excluding carboxylic acids is 1. The number of amides is 1. The number of halogens is 1. The van der Waals surface area contributed by atoms with Crippen molar-refractivity contribution in [1.29, 1.82) is 5.26 Å². The van der Waals surface area contributed by atoms with Crippen LogP contribution in [0.5, 0.6) is 0 Å². The Hall–Kier alpha value is -1.45. The first-order valence-corrected chi connectivity index (χ1v) is 6.50. The SMILES string of the molecule is N#CCN1CCN(C(=O)c2ccnc(Br)c2)CC1. The molecule has 5 nitrogen and oxygen atoms in total. The highest BCUT2D eigenvalue weighted by Crippen LogP contribution is 2.12. The van der Waals surface area contributed by atoms with Crippen molar-refractivity contribution in [3.63, 3.8) is 0 Å². The van der Waals surface area contributed by atoms with E-state index in [0.717, 1.165) is 13.1 Å². The molecular weight excluding hydrogens is 296 g/mol. The van der Waals surface area contributed by atoms with Gasteiger partial charge in [0.05, 0.1) is 12.6 Å². The Morgan fingerprint density at radius 2 is 2.17 bits per heavy atom. The van der Waals surface area contributed by atoms with Gasteiger partial charge in [0.15, 0.2) is 0 Å². The van der Waals surface area contributed by atoms with Crippen molar-refractivity contribution in [3.8, 4) is 6.07 Å². The van der Waals surface area contributed by atoms with E-state index in [9.17, 15) is 4.79 Å². The van der Waals surface area contributed by atoms with Crippen molar-refractivity contribution in [2.45, 2.75) is 0 Å². The highest BCUT2D eigenvalue weighted by atomic mass is 79.9. The quantitative estimate of drug-likeness (QED) is 0.607. The number of nitrogens with zero attached hydrogens (tertiary/aromatic N) is 4. The van der Waals surface area contributed by atoms with Gasteiger partial charge in [-0.3, -0.25) is 9.69 Å². The summed E-state index contributed by atoms with van der Waals surface area (Å²) in [6, 6.07) is 5.57. The number of nitriles is 1. The number of pyridine rings is 1. The zero-order valence-corrected chi connectivity index (χ0v) is 11.4. The molecule has 94 valence electrons. The van der Waals surface area contributed by atoms with Gasteiger partial charge in [-0.1, -0.05) is 0 Å². The van der Waals surface area contributed by atoms with Gasteiger partial charge < -0.3 is 4.90 Å². The Balaban J connectivity index is 1.98. The lowest BCUT2D eigenvalue weighted by Crippen LogP contribution is -2.48. The maximum atomic E-state index is 12.2. The van der Waals surface area contributed by atoms with Crippen molar-refractivity contribution in [1.82, 2.24) is 14.8 Å². The average molecular weight is 309 g/mol. The van der Waals surface area contributed by atoms with Gasteiger partial charge in [0.1, 0.15) is 4.60 Å². The molecule has 0 saturated carbocycles. The molecule has 1 amide bonds. The summed E-state index contributed by atoms with van der Waals surface area (Å²) in [5, 5.41) is 8.62. The molecule has 0 unspecified atom stereocenters. The van der Waals surface area contributed by atoms with Crippen LogP contribution in [0.2, 0.25) is 0 Å². The standard InChI is InChI=1S/C12H13BrN4O/c13-11-9-10(1-3-15-11)12(18)17-7-5-16(4-2-14)6-8-17/h1,3,9H,4-8H2. The third kappa shape index (κ3) is 3.06. The summed E-state index contributed by atoms with van der Waals surface area (Å²) in [7, 11) is 0. The van der Waals surface area contributed by atoms with Gasteiger partial charge in [-0.15, -0.1) is 0 Å². The maximum absolute atomic E-state index is 12.2. The third-order valence-electron chi connectivity index (χ3n) is 2.93. The van der Waals surface area contributed by atoms with Crippen molar-refractivity contribution in [2.75, 3.05) is 32.7 Å². The lowest BCUT2D eigenvalue weighted by Gasteiger charge is -2.33. The van der Waals surface area contributed by atoms with Crippen molar-refractivity contribution in [3.05, 3.63) is 28.5 Å². The second-order valence-corrected chi connectivity index (χ2v) is 4.91. The normalized spacial score (nSPS) is 16.3. The Kier molecular flexibility index (Phi) is 4.28. The van der Waals surface area contributed by atoms with E-state index in [4.69, 9.17) is 5.26 Å². The van der Waals surface area contributed by atoms with Crippen LogP contribution >= 0.6 is 15.9 Å². The molecule has 0 radical (unpaired) electrons. The summed E-state index contributed by atoms with van der Waals surface area (Å²) in [5.41, 5.74) is 0.644. The van der Waals surface area contributed by atoms with E-state index in [2.05, 4.69) is 27.0 Å². The molecule has 0 N–H and O–H groups in total. The number of aromatic nitrogens is 1. The highest BCUT2D eigenvalue weighted by Gasteiger charge is 2.21. The molecule has 1 saturated heterocycles. The van der Waals surface area contributed by atoms with Gasteiger partial charge in [-0.25, -0.2) is 4.98 Å². The summed E-state index contributed by atoms with van der Waals surface area (Å²) in [6.45, 7) is 3.28. The first kappa shape index (κ1) is 13.0. The Morgan fingerprint density at radius 1 is 1.44 bits per heavy atom. The van der Waals surface area contributed by atoms with E-state index in [1.165, 1.54) is 0 Å². The van der Waals surface area contributed by atoms with Crippen LogP contribution in [0.1, 0.15) is 10.4 Å². The van der Waals surface area contributed by atoms with Crippen LogP contribution in [0.4, 0.5) is 0 Å². The molecule has 0 bridgehead atoms. The van der Waals surface area contributed by atoms with Gasteiger partial charge in [-0.05, 0) is 28.1 Å². The molecule has 1 aliphatic heterocycles. The van der Waals surface area contributed by atoms with Crippen molar-refractivity contribution in [2.24, 2.45) is 0 Å². The molecule has 1 aromatic heterocycles. The highest BCUT2D eigenvalue weighted by molar-refractivity contribution is 9.10. The molecular formula is C12H13BrN4O. The Morgan fingerprint density at radius 3 is 2.78 bits per heavy atom. The third-order valence-corrected chi connectivity index (χ3v) is 3.36. The van der Waals surface area contributed by atoms with Gasteiger partial charge in [0.2, 0.25) is 0 Å². The molecule has 0 aromatic carbocycles. The molecule has 1 aliphatic rings. The average Bonchev–Trinajstić information content (AvgIpc) is 2.39. The number of piperazine rings is 1. The minimum atomic E-state index is 0.0229. The summed E-state index contributed by atoms with van der Waals surface area (Å²) in [4.78, 5) is 20.1. The largest absolute Gasteiger partial charge is 0.336 e. The summed E-state index contributed by atoms with van der Waals surface area (Å²) < 4.78 is 0.663. The summed E-state index contributed by atoms with van der Waals surface area (Å²) in [6.07, 6.45) is 1.61. The van der Waals surface area contributed by atoms with Crippen LogP contribution in [-0.4, -0.2) is 53.4 Å². The van der Waals surface area contributed by atoms with E-state index >= 15 is 0 Å². The molecule has 0 aliphatic carbocycles. The van der Waals surface area contributed by atoms with Crippen LogP contribution in [0.15, 0.2) is 22.9 Å². The van der Waals surface area contributed by atoms with Crippen LogP contribution in [0, 0.1) is 11.3 Å². The molecule has 2 rings (SSSR count). The fourth-order valence-electron chi connectivity index (χ4n) is 1.93. The molecule has 6 heteroatoms. The van der Waals surface area contributed by atoms with Crippen LogP contribution in [-0.2, 0) is 0 Å². The van der Waals surface area contributed by atoms with Gasteiger partial charge in [-0.2, -0.15) is 5.26 Å². The molecule has 1 aromatic rings. The number of hydrogen-bond acceptors (Lipinski definition) is 4. The zero-order chi connectivity index (χ0) is 13.0. The lowest BCUT2D eigenvalue weighted by atomic mass is 10.2. The summed E-state index contributed by atoms with van der Waals surface area (Å²) in [5.74, 6) is 0.0229. The van der Waals surface area contributed by atoms with E-state index in [0.29, 0.717) is 29.8 Å². The predicted octanol–water partition coefficient (Wildman–Crippen LogP) is 1.13. The molecule has 18 heavy (non-hydrogen) atoms. The maximum Gasteiger partial charge on any atom is 0.254 e. The molecule has 0 atom stereocenters. The first-order chi connectivity index (χ1) is 8.70. The molecule has 0 spiro atoms. The van der Waals surface area contributed by atoms with E-state index < -0.39 is 0 Å². The van der Waals surface area contributed by atoms with E-state index in [1.54, 1.807) is 18.3 Å². The minimum absolute atomic E-state index is 0.0229. The number of carbonyl (C=O) groups is 1. The Labute approximate surface area is 114 Å². The first-order valence-electron chi connectivity index (χ1n) is 5.71. The van der Waals surface area contributed by atoms with Gasteiger partial charge in [0.25, 0.3) is 5.91 Å². The van der Waals surface area contributed by atoms with E-state index in [1.807, 2.05) is 9.80 Å². The van der Waals surface area contributed by atoms with Crippen LogP contribution < -0.4 is 0 Å². The Bertz CT molecular complexity index is 477. The fraction of sp³-hybridized carbons (Fsp3) is 0.417. The molecule has 1 fully saturated rings. The second kappa shape index (κ2) is 5.94. The molecule has 2 heterocycles. The second-order valence-electron chi connectivity index (χ2n) is 4.09. The topological polar surface area (TPSA) is 60.2 Å². The lowest BCUT2D eigenvalue weighted by molar-refractivity contribution is 0.0651. The van der Waals surface area contributed by atoms with Gasteiger partial charge in [0, 0.05) is 37.9 Å². The zero-order valence-electron chi connectivity index (χ0n) is 9.84. The van der Waals surface area contributed by atoms with Gasteiger partial charge >= 0.3 is 0 Å². The number of rotatable bonds is 2. The van der Waals surface area contributed by atoms with E-state index in [-0.39, 0.29) is 5.91 Å². The summed E-state index contributed by atoms with van der Waals surface area (Å²) >= 11 is 3.26. The monoisotopic (exact) mass is 308 g/mol. The predicted molar refractivity (Wildman–Crippen MR) is 69.9 cm³/mol. The smallest absolute Gasteiger partial charge is 0.254 e. The van der Waals surface area contributed by atoms with Crippen molar-refractivity contribution < 1.29 is 4.79 Å². The van der Waals surface area contributed by atoms with Crippen molar-refractivity contribution >= 4 is 21.8 Å². The van der Waals surface area contributed by atoms with Crippen LogP contribution in [0.25, 0.3) is 0 Å². The fourth-order valence-corrected chi connectivity index (χ4v) is 2.29.